The van der Waals surface area contributed by atoms with E-state index in [0.29, 0.717) is 11.8 Å². The monoisotopic (exact) mass is 178 g/mol. The zero-order chi connectivity index (χ0) is 8.85. The molecule has 2 atom stereocenters. The Hall–Kier alpha value is -0.240. The van der Waals surface area contributed by atoms with Gasteiger partial charge in [-0.2, -0.15) is 0 Å². The van der Waals surface area contributed by atoms with Crippen molar-refractivity contribution in [3.8, 4) is 0 Å². The number of methoxy groups -OCH3 is 1. The topological polar surface area (TPSA) is 26.3 Å². The first-order valence-corrected chi connectivity index (χ1v) is 4.29. The molecule has 0 aliphatic rings. The molecular formula is C8H15ClO2. The Labute approximate surface area is 72.9 Å². The maximum atomic E-state index is 10.9. The molecule has 0 amide bonds. The fourth-order valence-corrected chi connectivity index (χ4v) is 1.09. The minimum atomic E-state index is -0.151. The van der Waals surface area contributed by atoms with Crippen LogP contribution >= 0.6 is 11.6 Å². The molecule has 0 saturated carbocycles. The molecule has 11 heavy (non-hydrogen) atoms. The molecule has 0 spiro atoms. The first-order chi connectivity index (χ1) is 5.11. The SMILES string of the molecule is COC(=O)C(C)CC(C)CCl. The van der Waals surface area contributed by atoms with Gasteiger partial charge in [-0.15, -0.1) is 11.6 Å². The minimum absolute atomic E-state index is 0.0336. The number of hydrogen-bond acceptors (Lipinski definition) is 2. The summed E-state index contributed by atoms with van der Waals surface area (Å²) in [5, 5.41) is 0. The Balaban J connectivity index is 3.67. The highest BCUT2D eigenvalue weighted by atomic mass is 35.5. The molecule has 0 N–H and O–H groups in total. The quantitative estimate of drug-likeness (QED) is 0.487. The van der Waals surface area contributed by atoms with Crippen LogP contribution in [-0.2, 0) is 9.53 Å². The van der Waals surface area contributed by atoms with Crippen molar-refractivity contribution >= 4 is 17.6 Å². The smallest absolute Gasteiger partial charge is 0.308 e. The van der Waals surface area contributed by atoms with Crippen LogP contribution in [0.3, 0.4) is 0 Å². The van der Waals surface area contributed by atoms with Gasteiger partial charge < -0.3 is 4.74 Å². The van der Waals surface area contributed by atoms with Crippen LogP contribution in [0.25, 0.3) is 0 Å². The molecule has 3 heteroatoms. The molecule has 66 valence electrons. The van der Waals surface area contributed by atoms with Gasteiger partial charge in [0.25, 0.3) is 0 Å². The van der Waals surface area contributed by atoms with Crippen LogP contribution in [0.2, 0.25) is 0 Å². The van der Waals surface area contributed by atoms with Crippen molar-refractivity contribution < 1.29 is 9.53 Å². The van der Waals surface area contributed by atoms with Gasteiger partial charge in [0.15, 0.2) is 0 Å². The molecule has 2 unspecified atom stereocenters. The van der Waals surface area contributed by atoms with E-state index in [-0.39, 0.29) is 11.9 Å². The number of ether oxygens (including phenoxy) is 1. The maximum Gasteiger partial charge on any atom is 0.308 e. The molecule has 0 radical (unpaired) electrons. The van der Waals surface area contributed by atoms with E-state index in [2.05, 4.69) is 4.74 Å². The Morgan fingerprint density at radius 3 is 2.45 bits per heavy atom. The van der Waals surface area contributed by atoms with Crippen LogP contribution in [0, 0.1) is 11.8 Å². The van der Waals surface area contributed by atoms with Gasteiger partial charge >= 0.3 is 5.97 Å². The van der Waals surface area contributed by atoms with E-state index in [1.54, 1.807) is 0 Å². The molecule has 0 rings (SSSR count). The number of esters is 1. The third kappa shape index (κ3) is 4.25. The predicted molar refractivity (Wildman–Crippen MR) is 45.7 cm³/mol. The molecule has 0 bridgehead atoms. The van der Waals surface area contributed by atoms with Crippen LogP contribution in [0.1, 0.15) is 20.3 Å². The van der Waals surface area contributed by atoms with Gasteiger partial charge in [-0.1, -0.05) is 13.8 Å². The van der Waals surface area contributed by atoms with Crippen molar-refractivity contribution in [2.24, 2.45) is 11.8 Å². The molecule has 0 aromatic rings. The molecule has 0 aromatic heterocycles. The average Bonchev–Trinajstić information content (AvgIpc) is 2.02. The second-order valence-corrected chi connectivity index (χ2v) is 3.23. The highest BCUT2D eigenvalue weighted by molar-refractivity contribution is 6.18. The molecule has 0 fully saturated rings. The van der Waals surface area contributed by atoms with Crippen LogP contribution in [-0.4, -0.2) is 19.0 Å². The fourth-order valence-electron chi connectivity index (χ4n) is 0.964. The molecule has 0 aliphatic carbocycles. The molecule has 0 saturated heterocycles. The number of hydrogen-bond donors (Lipinski definition) is 0. The van der Waals surface area contributed by atoms with Gasteiger partial charge in [-0.25, -0.2) is 0 Å². The summed E-state index contributed by atoms with van der Waals surface area (Å²) in [6.45, 7) is 3.88. The highest BCUT2D eigenvalue weighted by Gasteiger charge is 2.15. The lowest BCUT2D eigenvalue weighted by molar-refractivity contribution is -0.145. The van der Waals surface area contributed by atoms with Gasteiger partial charge in [0.05, 0.1) is 13.0 Å². The van der Waals surface area contributed by atoms with Crippen molar-refractivity contribution in [3.63, 3.8) is 0 Å². The Kier molecular flexibility index (Phi) is 5.30. The number of alkyl halides is 1. The largest absolute Gasteiger partial charge is 0.469 e. The van der Waals surface area contributed by atoms with E-state index in [4.69, 9.17) is 11.6 Å². The number of rotatable bonds is 4. The molecule has 0 aromatic carbocycles. The van der Waals surface area contributed by atoms with Crippen LogP contribution in [0.5, 0.6) is 0 Å². The standard InChI is InChI=1S/C8H15ClO2/c1-6(5-9)4-7(2)8(10)11-3/h6-7H,4-5H2,1-3H3. The number of carbonyl (C=O) groups is 1. The van der Waals surface area contributed by atoms with Gasteiger partial charge in [-0.05, 0) is 12.3 Å². The van der Waals surface area contributed by atoms with Gasteiger partial charge in [0.2, 0.25) is 0 Å². The molecule has 0 aliphatic heterocycles. The van der Waals surface area contributed by atoms with Crippen molar-refractivity contribution in [1.82, 2.24) is 0 Å². The summed E-state index contributed by atoms with van der Waals surface area (Å²) in [7, 11) is 1.41. The Bertz CT molecular complexity index is 125. The summed E-state index contributed by atoms with van der Waals surface area (Å²) in [6.07, 6.45) is 0.802. The van der Waals surface area contributed by atoms with Gasteiger partial charge in [0.1, 0.15) is 0 Å². The van der Waals surface area contributed by atoms with E-state index >= 15 is 0 Å². The summed E-state index contributed by atoms with van der Waals surface area (Å²) >= 11 is 5.59. The summed E-state index contributed by atoms with van der Waals surface area (Å²) in [5.74, 6) is 0.794. The molecule has 2 nitrogen and oxygen atoms in total. The second-order valence-electron chi connectivity index (χ2n) is 2.92. The van der Waals surface area contributed by atoms with Crippen LogP contribution < -0.4 is 0 Å². The van der Waals surface area contributed by atoms with Crippen molar-refractivity contribution in [2.45, 2.75) is 20.3 Å². The highest BCUT2D eigenvalue weighted by Crippen LogP contribution is 2.13. The zero-order valence-corrected chi connectivity index (χ0v) is 8.02. The van der Waals surface area contributed by atoms with E-state index in [9.17, 15) is 4.79 Å². The minimum Gasteiger partial charge on any atom is -0.469 e. The first kappa shape index (κ1) is 10.8. The lowest BCUT2D eigenvalue weighted by atomic mass is 9.99. The van der Waals surface area contributed by atoms with Crippen LogP contribution in [0.4, 0.5) is 0 Å². The van der Waals surface area contributed by atoms with Crippen molar-refractivity contribution in [1.29, 1.82) is 0 Å². The summed E-state index contributed by atoms with van der Waals surface area (Å²) in [4.78, 5) is 10.9. The lowest BCUT2D eigenvalue weighted by Crippen LogP contribution is -2.16. The summed E-state index contributed by atoms with van der Waals surface area (Å²) in [6, 6.07) is 0. The van der Waals surface area contributed by atoms with Gasteiger partial charge in [0, 0.05) is 5.88 Å². The van der Waals surface area contributed by atoms with Crippen molar-refractivity contribution in [2.75, 3.05) is 13.0 Å². The Morgan fingerprint density at radius 1 is 1.55 bits per heavy atom. The number of carbonyl (C=O) groups excluding carboxylic acids is 1. The first-order valence-electron chi connectivity index (χ1n) is 3.75. The second kappa shape index (κ2) is 5.42. The molecular weight excluding hydrogens is 164 g/mol. The fraction of sp³-hybridized carbons (Fsp3) is 0.875. The summed E-state index contributed by atoms with van der Waals surface area (Å²) < 4.78 is 4.58. The van der Waals surface area contributed by atoms with Gasteiger partial charge in [-0.3, -0.25) is 4.79 Å². The van der Waals surface area contributed by atoms with E-state index in [1.807, 2.05) is 13.8 Å². The van der Waals surface area contributed by atoms with Crippen LogP contribution in [0.15, 0.2) is 0 Å². The lowest BCUT2D eigenvalue weighted by Gasteiger charge is -2.12. The van der Waals surface area contributed by atoms with Crippen molar-refractivity contribution in [3.05, 3.63) is 0 Å². The van der Waals surface area contributed by atoms with E-state index < -0.39 is 0 Å². The summed E-state index contributed by atoms with van der Waals surface area (Å²) in [5.41, 5.74) is 0. The third-order valence-electron chi connectivity index (χ3n) is 1.62. The number of halogens is 1. The molecule has 0 heterocycles. The average molecular weight is 179 g/mol. The third-order valence-corrected chi connectivity index (χ3v) is 2.15. The predicted octanol–water partition coefficient (Wildman–Crippen LogP) is 2.06. The normalized spacial score (nSPS) is 15.6. The van der Waals surface area contributed by atoms with E-state index in [1.165, 1.54) is 7.11 Å². The Morgan fingerprint density at radius 2 is 2.09 bits per heavy atom. The van der Waals surface area contributed by atoms with E-state index in [0.717, 1.165) is 6.42 Å². The maximum absolute atomic E-state index is 10.9. The zero-order valence-electron chi connectivity index (χ0n) is 7.26.